The summed E-state index contributed by atoms with van der Waals surface area (Å²) in [4.78, 5) is 12.9. The standard InChI is InChI=1S/C22H27ClF2N2O2/c23-18-5-3-6-19-20(18)17(14-27(19)13-16-4-1-2-11-29-16)21(28)26-12-15-7-9-22(24,25)10-8-15/h3,5-6,14-16H,1-2,4,7-13H2,(H,26,28). The molecule has 1 aromatic carbocycles. The molecule has 2 aliphatic rings. The molecule has 4 rings (SSSR count). The molecule has 29 heavy (non-hydrogen) atoms. The first-order chi connectivity index (χ1) is 13.9. The van der Waals surface area contributed by atoms with Crippen molar-refractivity contribution in [1.82, 2.24) is 9.88 Å². The molecule has 1 aliphatic carbocycles. The van der Waals surface area contributed by atoms with Gasteiger partial charge in [0, 0.05) is 44.1 Å². The Morgan fingerprint density at radius 1 is 1.24 bits per heavy atom. The Kier molecular flexibility index (Phi) is 6.11. The highest BCUT2D eigenvalue weighted by Crippen LogP contribution is 2.36. The normalized spacial score (nSPS) is 22.7. The quantitative estimate of drug-likeness (QED) is 0.696. The molecule has 1 unspecified atom stereocenters. The average Bonchev–Trinajstić information content (AvgIpc) is 3.08. The molecule has 0 bridgehead atoms. The lowest BCUT2D eigenvalue weighted by molar-refractivity contribution is -0.0452. The maximum Gasteiger partial charge on any atom is 0.253 e. The molecule has 1 aromatic heterocycles. The lowest BCUT2D eigenvalue weighted by atomic mass is 9.87. The van der Waals surface area contributed by atoms with Crippen molar-refractivity contribution >= 4 is 28.4 Å². The molecule has 0 spiro atoms. The van der Waals surface area contributed by atoms with Crippen molar-refractivity contribution in [2.24, 2.45) is 5.92 Å². The number of hydrogen-bond acceptors (Lipinski definition) is 2. The van der Waals surface area contributed by atoms with Crippen molar-refractivity contribution in [3.63, 3.8) is 0 Å². The van der Waals surface area contributed by atoms with Crippen LogP contribution in [0.5, 0.6) is 0 Å². The van der Waals surface area contributed by atoms with E-state index in [1.54, 1.807) is 6.07 Å². The summed E-state index contributed by atoms with van der Waals surface area (Å²) in [7, 11) is 0. The number of halogens is 3. The van der Waals surface area contributed by atoms with Gasteiger partial charge in [-0.1, -0.05) is 17.7 Å². The molecular weight excluding hydrogens is 398 g/mol. The number of fused-ring (bicyclic) bond motifs is 1. The van der Waals surface area contributed by atoms with Crippen LogP contribution in [0, 0.1) is 5.92 Å². The van der Waals surface area contributed by atoms with Crippen LogP contribution in [0.2, 0.25) is 5.02 Å². The molecule has 2 aromatic rings. The molecule has 1 saturated heterocycles. The zero-order chi connectivity index (χ0) is 20.4. The predicted molar refractivity (Wildman–Crippen MR) is 110 cm³/mol. The molecule has 1 atom stereocenters. The molecule has 4 nitrogen and oxygen atoms in total. The molecule has 2 fully saturated rings. The fraction of sp³-hybridized carbons (Fsp3) is 0.591. The number of ether oxygens (including phenoxy) is 1. The summed E-state index contributed by atoms with van der Waals surface area (Å²) in [6.07, 6.45) is 5.92. The smallest absolute Gasteiger partial charge is 0.253 e. The van der Waals surface area contributed by atoms with Crippen LogP contribution >= 0.6 is 11.6 Å². The van der Waals surface area contributed by atoms with Gasteiger partial charge in [0.05, 0.1) is 22.2 Å². The lowest BCUT2D eigenvalue weighted by Crippen LogP contribution is -2.33. The fourth-order valence-corrected chi connectivity index (χ4v) is 4.71. The Balaban J connectivity index is 1.49. The van der Waals surface area contributed by atoms with Crippen molar-refractivity contribution < 1.29 is 18.3 Å². The van der Waals surface area contributed by atoms with Gasteiger partial charge in [0.1, 0.15) is 0 Å². The third kappa shape index (κ3) is 4.75. The maximum atomic E-state index is 13.3. The number of amides is 1. The number of carbonyl (C=O) groups is 1. The predicted octanol–water partition coefficient (Wildman–Crippen LogP) is 5.42. The Hall–Kier alpha value is -1.66. The molecule has 1 amide bonds. The van der Waals surface area contributed by atoms with Gasteiger partial charge in [0.25, 0.3) is 5.91 Å². The fourth-order valence-electron chi connectivity index (χ4n) is 4.44. The summed E-state index contributed by atoms with van der Waals surface area (Å²) in [6.45, 7) is 1.87. The van der Waals surface area contributed by atoms with Gasteiger partial charge in [-0.15, -0.1) is 0 Å². The zero-order valence-electron chi connectivity index (χ0n) is 16.4. The summed E-state index contributed by atoms with van der Waals surface area (Å²) in [6, 6.07) is 5.63. The molecule has 2 heterocycles. The molecular formula is C22H27ClF2N2O2. The molecule has 7 heteroatoms. The molecule has 158 valence electrons. The van der Waals surface area contributed by atoms with Crippen molar-refractivity contribution in [3.05, 3.63) is 35.0 Å². The van der Waals surface area contributed by atoms with E-state index in [4.69, 9.17) is 16.3 Å². The summed E-state index contributed by atoms with van der Waals surface area (Å²) in [5.74, 6) is -2.66. The third-order valence-corrected chi connectivity index (χ3v) is 6.48. The number of benzene rings is 1. The third-order valence-electron chi connectivity index (χ3n) is 6.16. The van der Waals surface area contributed by atoms with Crippen LogP contribution < -0.4 is 5.32 Å². The Morgan fingerprint density at radius 3 is 2.76 bits per heavy atom. The van der Waals surface area contributed by atoms with Gasteiger partial charge in [-0.2, -0.15) is 0 Å². The van der Waals surface area contributed by atoms with Crippen molar-refractivity contribution in [3.8, 4) is 0 Å². The number of hydrogen-bond donors (Lipinski definition) is 1. The topological polar surface area (TPSA) is 43.3 Å². The summed E-state index contributed by atoms with van der Waals surface area (Å²) < 4.78 is 34.6. The van der Waals surface area contributed by atoms with Gasteiger partial charge >= 0.3 is 0 Å². The Morgan fingerprint density at radius 2 is 2.03 bits per heavy atom. The number of aromatic nitrogens is 1. The van der Waals surface area contributed by atoms with E-state index in [2.05, 4.69) is 5.32 Å². The van der Waals surface area contributed by atoms with Gasteiger partial charge in [-0.05, 0) is 50.2 Å². The summed E-state index contributed by atoms with van der Waals surface area (Å²) >= 11 is 6.43. The SMILES string of the molecule is O=C(NCC1CCC(F)(F)CC1)c1cn(CC2CCCCO2)c2cccc(Cl)c12. The van der Waals surface area contributed by atoms with E-state index in [0.717, 1.165) is 36.8 Å². The molecule has 1 N–H and O–H groups in total. The minimum atomic E-state index is -2.55. The highest BCUT2D eigenvalue weighted by Gasteiger charge is 2.35. The zero-order valence-corrected chi connectivity index (χ0v) is 17.2. The first-order valence-electron chi connectivity index (χ1n) is 10.5. The molecule has 0 radical (unpaired) electrons. The van der Waals surface area contributed by atoms with E-state index in [1.807, 2.05) is 22.9 Å². The van der Waals surface area contributed by atoms with Gasteiger partial charge in [0.15, 0.2) is 0 Å². The van der Waals surface area contributed by atoms with Crippen molar-refractivity contribution in [1.29, 1.82) is 0 Å². The Labute approximate surface area is 174 Å². The first-order valence-corrected chi connectivity index (χ1v) is 10.9. The largest absolute Gasteiger partial charge is 0.376 e. The molecule has 1 aliphatic heterocycles. The summed E-state index contributed by atoms with van der Waals surface area (Å²) in [5.41, 5.74) is 1.44. The van der Waals surface area contributed by atoms with Gasteiger partial charge in [-0.3, -0.25) is 4.79 Å². The molecule has 1 saturated carbocycles. The van der Waals surface area contributed by atoms with Crippen molar-refractivity contribution in [2.45, 2.75) is 63.5 Å². The van der Waals surface area contributed by atoms with Crippen LogP contribution in [-0.2, 0) is 11.3 Å². The lowest BCUT2D eigenvalue weighted by Gasteiger charge is -2.28. The highest BCUT2D eigenvalue weighted by molar-refractivity contribution is 6.36. The van der Waals surface area contributed by atoms with E-state index >= 15 is 0 Å². The minimum absolute atomic E-state index is 0.0954. The second-order valence-corrected chi connectivity index (χ2v) is 8.73. The summed E-state index contributed by atoms with van der Waals surface area (Å²) in [5, 5.41) is 4.21. The number of nitrogens with zero attached hydrogens (tertiary/aromatic N) is 1. The number of carbonyl (C=O) groups excluding carboxylic acids is 1. The van der Waals surface area contributed by atoms with Crippen molar-refractivity contribution in [2.75, 3.05) is 13.2 Å². The van der Waals surface area contributed by atoms with Crippen LogP contribution in [0.25, 0.3) is 10.9 Å². The first kappa shape index (κ1) is 20.6. The van der Waals surface area contributed by atoms with E-state index in [-0.39, 0.29) is 30.8 Å². The second-order valence-electron chi connectivity index (χ2n) is 8.33. The van der Waals surface area contributed by atoms with E-state index in [1.165, 1.54) is 0 Å². The van der Waals surface area contributed by atoms with Crippen LogP contribution in [0.4, 0.5) is 8.78 Å². The number of nitrogens with one attached hydrogen (secondary N) is 1. The average molecular weight is 425 g/mol. The maximum absolute atomic E-state index is 13.3. The van der Waals surface area contributed by atoms with E-state index in [9.17, 15) is 13.6 Å². The van der Waals surface area contributed by atoms with Crippen LogP contribution in [-0.4, -0.2) is 35.7 Å². The van der Waals surface area contributed by atoms with E-state index < -0.39 is 5.92 Å². The van der Waals surface area contributed by atoms with E-state index in [0.29, 0.717) is 36.5 Å². The number of alkyl halides is 2. The monoisotopic (exact) mass is 424 g/mol. The van der Waals surface area contributed by atoms with Crippen LogP contribution in [0.1, 0.15) is 55.3 Å². The van der Waals surface area contributed by atoms with Gasteiger partial charge in [0.2, 0.25) is 5.92 Å². The highest BCUT2D eigenvalue weighted by atomic mass is 35.5. The minimum Gasteiger partial charge on any atom is -0.376 e. The number of rotatable bonds is 5. The van der Waals surface area contributed by atoms with Gasteiger partial charge in [-0.25, -0.2) is 8.78 Å². The van der Waals surface area contributed by atoms with Crippen LogP contribution in [0.15, 0.2) is 24.4 Å². The van der Waals surface area contributed by atoms with Crippen LogP contribution in [0.3, 0.4) is 0 Å². The van der Waals surface area contributed by atoms with Gasteiger partial charge < -0.3 is 14.6 Å². The second kappa shape index (κ2) is 8.60. The Bertz CT molecular complexity index is 867.